The Bertz CT molecular complexity index is 799. The predicted molar refractivity (Wildman–Crippen MR) is 100.0 cm³/mol. The number of rotatable bonds is 6. The quantitative estimate of drug-likeness (QED) is 0.569. The zero-order valence-electron chi connectivity index (χ0n) is 15.9. The molecule has 1 saturated carbocycles. The van der Waals surface area contributed by atoms with Crippen LogP contribution >= 0.6 is 0 Å². The number of nitrogens with one attached hydrogen (secondary N) is 1. The molecule has 2 aliphatic rings. The number of hydrogen-bond acceptors (Lipinski definition) is 5. The summed E-state index contributed by atoms with van der Waals surface area (Å²) in [6, 6.07) is 5.87. The lowest BCUT2D eigenvalue weighted by molar-refractivity contribution is -0.149. The van der Waals surface area contributed by atoms with Gasteiger partial charge in [0, 0.05) is 5.56 Å². The first-order valence-electron chi connectivity index (χ1n) is 9.53. The number of amides is 4. The number of nitrogens with zero attached hydrogens (tertiary/aromatic N) is 1. The van der Waals surface area contributed by atoms with Gasteiger partial charge in [0.1, 0.15) is 18.7 Å². The van der Waals surface area contributed by atoms with Crippen LogP contribution in [0.1, 0.15) is 54.9 Å². The fourth-order valence-corrected chi connectivity index (χ4v) is 3.89. The van der Waals surface area contributed by atoms with Crippen molar-refractivity contribution >= 4 is 23.8 Å². The number of ether oxygens (including phenoxy) is 1. The average molecular weight is 387 g/mol. The van der Waals surface area contributed by atoms with E-state index < -0.39 is 30.0 Å². The van der Waals surface area contributed by atoms with Crippen LogP contribution in [0.2, 0.25) is 0 Å². The van der Waals surface area contributed by atoms with E-state index in [-0.39, 0.29) is 12.5 Å². The van der Waals surface area contributed by atoms with E-state index in [2.05, 4.69) is 12.2 Å². The van der Waals surface area contributed by atoms with Gasteiger partial charge in [-0.05, 0) is 49.3 Å². The standard InChI is InChI=1S/C20H25N3O5/c1-2-13-6-8-20(9-7-13)18(26)23(19(27)22-20)11-16(24)28-12-14-4-3-5-15(10-14)17(21)25/h3-5,10,13H,2,6-9,11-12H2,1H3,(H2,21,25)(H,22,27). The highest BCUT2D eigenvalue weighted by atomic mass is 16.5. The number of primary amides is 1. The van der Waals surface area contributed by atoms with Crippen molar-refractivity contribution in [1.29, 1.82) is 0 Å². The summed E-state index contributed by atoms with van der Waals surface area (Å²) in [7, 11) is 0. The van der Waals surface area contributed by atoms with Gasteiger partial charge in [0.2, 0.25) is 5.91 Å². The minimum Gasteiger partial charge on any atom is -0.459 e. The topological polar surface area (TPSA) is 119 Å². The third-order valence-corrected chi connectivity index (χ3v) is 5.68. The van der Waals surface area contributed by atoms with Crippen molar-refractivity contribution in [1.82, 2.24) is 10.2 Å². The van der Waals surface area contributed by atoms with Gasteiger partial charge >= 0.3 is 12.0 Å². The molecular weight excluding hydrogens is 362 g/mol. The van der Waals surface area contributed by atoms with Crippen LogP contribution in [0.3, 0.4) is 0 Å². The van der Waals surface area contributed by atoms with Gasteiger partial charge in [0.05, 0.1) is 0 Å². The summed E-state index contributed by atoms with van der Waals surface area (Å²) in [5, 5.41) is 2.79. The average Bonchev–Trinajstić information content (AvgIpc) is 2.91. The van der Waals surface area contributed by atoms with Crippen molar-refractivity contribution in [3.63, 3.8) is 0 Å². The minimum atomic E-state index is -0.876. The zero-order chi connectivity index (χ0) is 20.3. The molecule has 3 N–H and O–H groups in total. The third kappa shape index (κ3) is 4.00. The van der Waals surface area contributed by atoms with Gasteiger partial charge in [-0.15, -0.1) is 0 Å². The molecule has 3 rings (SSSR count). The van der Waals surface area contributed by atoms with Crippen LogP contribution in [0, 0.1) is 5.92 Å². The van der Waals surface area contributed by atoms with Crippen LogP contribution in [0.25, 0.3) is 0 Å². The number of carbonyl (C=O) groups excluding carboxylic acids is 4. The summed E-state index contributed by atoms with van der Waals surface area (Å²) in [4.78, 5) is 49.4. The maximum absolute atomic E-state index is 12.8. The molecule has 4 amide bonds. The second-order valence-corrected chi connectivity index (χ2v) is 7.48. The highest BCUT2D eigenvalue weighted by Gasteiger charge is 2.52. The van der Waals surface area contributed by atoms with Crippen LogP contribution < -0.4 is 11.1 Å². The molecule has 8 nitrogen and oxygen atoms in total. The summed E-state index contributed by atoms with van der Waals surface area (Å²) in [5.74, 6) is -1.03. The molecule has 0 atom stereocenters. The van der Waals surface area contributed by atoms with Gasteiger partial charge in [-0.3, -0.25) is 19.3 Å². The number of hydrogen-bond donors (Lipinski definition) is 2. The molecule has 150 valence electrons. The van der Waals surface area contributed by atoms with Crippen LogP contribution in [-0.4, -0.2) is 40.8 Å². The van der Waals surface area contributed by atoms with Gasteiger partial charge in [-0.1, -0.05) is 25.5 Å². The summed E-state index contributed by atoms with van der Waals surface area (Å²) in [6.45, 7) is 1.62. The second kappa shape index (κ2) is 8.00. The minimum absolute atomic E-state index is 0.0765. The lowest BCUT2D eigenvalue weighted by atomic mass is 9.75. The molecule has 0 aromatic heterocycles. The van der Waals surface area contributed by atoms with E-state index in [1.807, 2.05) is 0 Å². The van der Waals surface area contributed by atoms with Crippen molar-refractivity contribution in [3.05, 3.63) is 35.4 Å². The molecule has 0 unspecified atom stereocenters. The normalized spacial score (nSPS) is 24.3. The Labute approximate surface area is 163 Å². The van der Waals surface area contributed by atoms with Gasteiger partial charge in [-0.25, -0.2) is 4.79 Å². The summed E-state index contributed by atoms with van der Waals surface area (Å²) in [6.07, 6.45) is 4.03. The van der Waals surface area contributed by atoms with E-state index in [1.54, 1.807) is 18.2 Å². The van der Waals surface area contributed by atoms with Crippen molar-refractivity contribution in [3.8, 4) is 0 Å². The monoisotopic (exact) mass is 387 g/mol. The van der Waals surface area contributed by atoms with Crippen molar-refractivity contribution in [2.45, 2.75) is 51.2 Å². The van der Waals surface area contributed by atoms with Gasteiger partial charge in [-0.2, -0.15) is 0 Å². The first kappa shape index (κ1) is 19.9. The van der Waals surface area contributed by atoms with Crippen molar-refractivity contribution < 1.29 is 23.9 Å². The molecule has 1 saturated heterocycles. The van der Waals surface area contributed by atoms with Crippen molar-refractivity contribution in [2.24, 2.45) is 11.7 Å². The third-order valence-electron chi connectivity index (χ3n) is 5.68. The number of esters is 1. The Morgan fingerprint density at radius 1 is 1.29 bits per heavy atom. The molecule has 1 aromatic rings. The molecular formula is C20H25N3O5. The molecule has 1 aliphatic heterocycles. The molecule has 1 aromatic carbocycles. The molecule has 1 heterocycles. The van der Waals surface area contributed by atoms with E-state index in [4.69, 9.17) is 10.5 Å². The molecule has 28 heavy (non-hydrogen) atoms. The maximum atomic E-state index is 12.8. The van der Waals surface area contributed by atoms with Crippen LogP contribution in [0.4, 0.5) is 4.79 Å². The highest BCUT2D eigenvalue weighted by Crippen LogP contribution is 2.37. The first-order chi connectivity index (χ1) is 13.3. The zero-order valence-corrected chi connectivity index (χ0v) is 15.9. The Hall–Kier alpha value is -2.90. The van der Waals surface area contributed by atoms with Crippen LogP contribution in [-0.2, 0) is 20.9 Å². The summed E-state index contributed by atoms with van der Waals surface area (Å²) in [5.41, 5.74) is 5.26. The number of benzene rings is 1. The molecule has 1 spiro atoms. The van der Waals surface area contributed by atoms with Crippen LogP contribution in [0.5, 0.6) is 0 Å². The molecule has 1 aliphatic carbocycles. The van der Waals surface area contributed by atoms with Gasteiger partial charge in [0.15, 0.2) is 0 Å². The van der Waals surface area contributed by atoms with Gasteiger partial charge < -0.3 is 15.8 Å². The van der Waals surface area contributed by atoms with Gasteiger partial charge in [0.25, 0.3) is 5.91 Å². The molecule has 0 radical (unpaired) electrons. The highest BCUT2D eigenvalue weighted by molar-refractivity contribution is 6.08. The Morgan fingerprint density at radius 3 is 2.64 bits per heavy atom. The lowest BCUT2D eigenvalue weighted by Crippen LogP contribution is -2.49. The summed E-state index contributed by atoms with van der Waals surface area (Å²) < 4.78 is 5.17. The smallest absolute Gasteiger partial charge is 0.326 e. The fourth-order valence-electron chi connectivity index (χ4n) is 3.89. The Morgan fingerprint density at radius 2 is 2.00 bits per heavy atom. The molecule has 8 heteroatoms. The second-order valence-electron chi connectivity index (χ2n) is 7.48. The number of carbonyl (C=O) groups is 4. The van der Waals surface area contributed by atoms with Crippen LogP contribution in [0.15, 0.2) is 24.3 Å². The number of urea groups is 1. The van der Waals surface area contributed by atoms with E-state index >= 15 is 0 Å². The van der Waals surface area contributed by atoms with E-state index in [0.717, 1.165) is 24.2 Å². The SMILES string of the molecule is CCC1CCC2(CC1)NC(=O)N(CC(=O)OCc1cccc(C(N)=O)c1)C2=O. The van der Waals surface area contributed by atoms with E-state index in [0.29, 0.717) is 29.9 Å². The number of imide groups is 1. The first-order valence-corrected chi connectivity index (χ1v) is 9.53. The molecule has 0 bridgehead atoms. The largest absolute Gasteiger partial charge is 0.459 e. The Balaban J connectivity index is 1.57. The maximum Gasteiger partial charge on any atom is 0.326 e. The summed E-state index contributed by atoms with van der Waals surface area (Å²) >= 11 is 0. The Kier molecular flexibility index (Phi) is 5.67. The van der Waals surface area contributed by atoms with E-state index in [9.17, 15) is 19.2 Å². The predicted octanol–water partition coefficient (Wildman–Crippen LogP) is 1.72. The molecule has 2 fully saturated rings. The van der Waals surface area contributed by atoms with E-state index in [1.165, 1.54) is 6.07 Å². The fraction of sp³-hybridized carbons (Fsp3) is 0.500. The number of nitrogens with two attached hydrogens (primary N) is 1. The van der Waals surface area contributed by atoms with Crippen molar-refractivity contribution in [2.75, 3.05) is 6.54 Å². The lowest BCUT2D eigenvalue weighted by Gasteiger charge is -2.34.